The Hall–Kier alpha value is -2.14. The van der Waals surface area contributed by atoms with Crippen molar-refractivity contribution in [1.29, 1.82) is 0 Å². The molecule has 2 rings (SSSR count). The number of aromatic nitrogens is 1. The van der Waals surface area contributed by atoms with Gasteiger partial charge in [-0.1, -0.05) is 30.3 Å². The second-order valence-electron chi connectivity index (χ2n) is 3.34. The van der Waals surface area contributed by atoms with Crippen molar-refractivity contribution in [2.24, 2.45) is 0 Å². The normalized spacial score (nSPS) is 11.4. The highest BCUT2D eigenvalue weighted by Gasteiger charge is 2.13. The van der Waals surface area contributed by atoms with Gasteiger partial charge < -0.3 is 10.8 Å². The van der Waals surface area contributed by atoms with E-state index < -0.39 is 5.97 Å². The highest BCUT2D eigenvalue weighted by molar-refractivity contribution is 7.13. The van der Waals surface area contributed by atoms with E-state index in [1.165, 1.54) is 11.3 Å². The number of aliphatic carboxylic acids is 1. The van der Waals surface area contributed by atoms with Crippen LogP contribution in [-0.4, -0.2) is 16.1 Å². The summed E-state index contributed by atoms with van der Waals surface area (Å²) in [5, 5.41) is 11.2. The molecule has 3 N–H and O–H groups in total. The number of rotatable bonds is 3. The molecule has 4 nitrogen and oxygen atoms in total. The molecule has 1 aromatic heterocycles. The van der Waals surface area contributed by atoms with Crippen molar-refractivity contribution in [3.05, 3.63) is 47.0 Å². The smallest absolute Gasteiger partial charge is 0.337 e. The third-order valence-corrected chi connectivity index (χ3v) is 2.81. The highest BCUT2D eigenvalue weighted by Crippen LogP contribution is 2.21. The van der Waals surface area contributed by atoms with Gasteiger partial charge in [0.2, 0.25) is 0 Å². The van der Waals surface area contributed by atoms with Crippen LogP contribution in [0.4, 0.5) is 5.13 Å². The zero-order valence-corrected chi connectivity index (χ0v) is 9.65. The molecule has 1 aromatic carbocycles. The summed E-state index contributed by atoms with van der Waals surface area (Å²) in [5.74, 6) is -1.01. The fourth-order valence-corrected chi connectivity index (χ4v) is 1.94. The van der Waals surface area contributed by atoms with Crippen LogP contribution in [0.25, 0.3) is 11.6 Å². The molecule has 0 fully saturated rings. The predicted octanol–water partition coefficient (Wildman–Crippen LogP) is 2.35. The molecule has 1 heterocycles. The third-order valence-electron chi connectivity index (χ3n) is 2.14. The summed E-state index contributed by atoms with van der Waals surface area (Å²) in [7, 11) is 0. The number of anilines is 1. The van der Waals surface area contributed by atoms with Gasteiger partial charge in [-0.05, 0) is 11.6 Å². The van der Waals surface area contributed by atoms with Gasteiger partial charge in [-0.25, -0.2) is 9.78 Å². The summed E-state index contributed by atoms with van der Waals surface area (Å²) in [5.41, 5.74) is 6.85. The average Bonchev–Trinajstić information content (AvgIpc) is 2.73. The minimum absolute atomic E-state index is 0.143. The summed E-state index contributed by atoms with van der Waals surface area (Å²) in [4.78, 5) is 15.1. The van der Waals surface area contributed by atoms with Crippen LogP contribution in [0.5, 0.6) is 0 Å². The second kappa shape index (κ2) is 4.80. The van der Waals surface area contributed by atoms with E-state index in [4.69, 9.17) is 10.8 Å². The minimum Gasteiger partial charge on any atom is -0.478 e. The highest BCUT2D eigenvalue weighted by atomic mass is 32.1. The van der Waals surface area contributed by atoms with Crippen molar-refractivity contribution in [2.75, 3.05) is 5.73 Å². The lowest BCUT2D eigenvalue weighted by molar-refractivity contribution is -0.130. The van der Waals surface area contributed by atoms with Crippen molar-refractivity contribution in [2.45, 2.75) is 0 Å². The van der Waals surface area contributed by atoms with Gasteiger partial charge in [0.05, 0.1) is 11.3 Å². The van der Waals surface area contributed by atoms with E-state index in [0.717, 1.165) is 5.56 Å². The van der Waals surface area contributed by atoms with E-state index in [2.05, 4.69) is 4.98 Å². The third kappa shape index (κ3) is 2.70. The molecule has 0 aliphatic rings. The first-order chi connectivity index (χ1) is 8.16. The van der Waals surface area contributed by atoms with Gasteiger partial charge in [0.1, 0.15) is 0 Å². The Morgan fingerprint density at radius 1 is 1.35 bits per heavy atom. The molecule has 0 aliphatic heterocycles. The number of thiazole rings is 1. The lowest BCUT2D eigenvalue weighted by atomic mass is 10.1. The topological polar surface area (TPSA) is 76.2 Å². The number of nitrogens with zero attached hydrogens (tertiary/aromatic N) is 1. The lowest BCUT2D eigenvalue weighted by Gasteiger charge is -1.98. The standard InChI is InChI=1S/C12H10N2O2S/c13-12-14-10(7-17-12)9(11(15)16)6-8-4-2-1-3-5-8/h1-7H,(H2,13,14)(H,15,16)/b9-6-. The van der Waals surface area contributed by atoms with E-state index in [-0.39, 0.29) is 5.57 Å². The van der Waals surface area contributed by atoms with E-state index in [1.54, 1.807) is 11.5 Å². The zero-order valence-electron chi connectivity index (χ0n) is 8.83. The molecule has 0 aliphatic carbocycles. The van der Waals surface area contributed by atoms with Crippen molar-refractivity contribution < 1.29 is 9.90 Å². The number of nitrogen functional groups attached to an aromatic ring is 1. The molecule has 0 spiro atoms. The molecule has 5 heteroatoms. The molecule has 0 bridgehead atoms. The Kier molecular flexibility index (Phi) is 3.20. The molecule has 86 valence electrons. The molecule has 0 saturated heterocycles. The van der Waals surface area contributed by atoms with E-state index in [1.807, 2.05) is 30.3 Å². The maximum Gasteiger partial charge on any atom is 0.337 e. The van der Waals surface area contributed by atoms with Gasteiger partial charge >= 0.3 is 5.97 Å². The molecule has 0 atom stereocenters. The minimum atomic E-state index is -1.01. The monoisotopic (exact) mass is 246 g/mol. The van der Waals surface area contributed by atoms with Gasteiger partial charge in [0.15, 0.2) is 5.13 Å². The van der Waals surface area contributed by atoms with Crippen molar-refractivity contribution in [3.63, 3.8) is 0 Å². The van der Waals surface area contributed by atoms with E-state index >= 15 is 0 Å². The summed E-state index contributed by atoms with van der Waals surface area (Å²) < 4.78 is 0. The van der Waals surface area contributed by atoms with Crippen LogP contribution in [0.1, 0.15) is 11.3 Å². The largest absolute Gasteiger partial charge is 0.478 e. The van der Waals surface area contributed by atoms with Crippen LogP contribution >= 0.6 is 11.3 Å². The zero-order chi connectivity index (χ0) is 12.3. The van der Waals surface area contributed by atoms with Gasteiger partial charge in [-0.15, -0.1) is 11.3 Å². The van der Waals surface area contributed by atoms with Crippen molar-refractivity contribution in [1.82, 2.24) is 4.98 Å². The first-order valence-electron chi connectivity index (χ1n) is 4.88. The molecule has 0 amide bonds. The van der Waals surface area contributed by atoms with Crippen LogP contribution in [-0.2, 0) is 4.79 Å². The molecular weight excluding hydrogens is 236 g/mol. The quantitative estimate of drug-likeness (QED) is 0.815. The van der Waals surface area contributed by atoms with Gasteiger partial charge in [-0.2, -0.15) is 0 Å². The van der Waals surface area contributed by atoms with Crippen LogP contribution in [0.15, 0.2) is 35.7 Å². The van der Waals surface area contributed by atoms with Gasteiger partial charge in [0, 0.05) is 5.38 Å². The van der Waals surface area contributed by atoms with Gasteiger partial charge in [-0.3, -0.25) is 0 Å². The summed E-state index contributed by atoms with van der Waals surface area (Å²) in [6.07, 6.45) is 1.58. The first-order valence-corrected chi connectivity index (χ1v) is 5.76. The van der Waals surface area contributed by atoms with Crippen molar-refractivity contribution in [3.8, 4) is 0 Å². The molecule has 0 radical (unpaired) electrons. The SMILES string of the molecule is Nc1nc(/C(=C/c2ccccc2)C(=O)O)cs1. The Bertz CT molecular complexity index is 561. The Morgan fingerprint density at radius 2 is 2.06 bits per heavy atom. The summed E-state index contributed by atoms with van der Waals surface area (Å²) in [6.45, 7) is 0. The maximum atomic E-state index is 11.2. The number of carbonyl (C=O) groups is 1. The fourth-order valence-electron chi connectivity index (χ4n) is 1.37. The second-order valence-corrected chi connectivity index (χ2v) is 4.23. The van der Waals surface area contributed by atoms with Crippen molar-refractivity contribution >= 4 is 34.1 Å². The van der Waals surface area contributed by atoms with Crippen LogP contribution in [0.2, 0.25) is 0 Å². The number of hydrogen-bond acceptors (Lipinski definition) is 4. The van der Waals surface area contributed by atoms with Crippen LogP contribution in [0.3, 0.4) is 0 Å². The number of carboxylic acids is 1. The molecule has 0 saturated carbocycles. The van der Waals surface area contributed by atoms with Crippen LogP contribution < -0.4 is 5.73 Å². The number of carboxylic acid groups (broad SMARTS) is 1. The average molecular weight is 246 g/mol. The molecule has 2 aromatic rings. The Morgan fingerprint density at radius 3 is 2.59 bits per heavy atom. The molecule has 17 heavy (non-hydrogen) atoms. The number of hydrogen-bond donors (Lipinski definition) is 2. The number of benzene rings is 1. The fraction of sp³-hybridized carbons (Fsp3) is 0. The molecular formula is C12H10N2O2S. The maximum absolute atomic E-state index is 11.2. The summed E-state index contributed by atoms with van der Waals surface area (Å²) >= 11 is 1.22. The molecule has 0 unspecified atom stereocenters. The van der Waals surface area contributed by atoms with E-state index in [9.17, 15) is 4.79 Å². The van der Waals surface area contributed by atoms with E-state index in [0.29, 0.717) is 10.8 Å². The van der Waals surface area contributed by atoms with Crippen LogP contribution in [0, 0.1) is 0 Å². The van der Waals surface area contributed by atoms with Gasteiger partial charge in [0.25, 0.3) is 0 Å². The predicted molar refractivity (Wildman–Crippen MR) is 68.5 cm³/mol. The Labute approximate surface area is 102 Å². The Balaban J connectivity index is 2.43. The lowest BCUT2D eigenvalue weighted by Crippen LogP contribution is -2.00. The number of nitrogens with two attached hydrogens (primary N) is 1. The summed E-state index contributed by atoms with van der Waals surface area (Å²) in [6, 6.07) is 9.23. The first kappa shape index (κ1) is 11.3.